The number of H-pyrrole nitrogens is 1. The molecule has 4 rings (SSSR count). The molecule has 1 aromatic heterocycles. The predicted octanol–water partition coefficient (Wildman–Crippen LogP) is 4.68. The Balaban J connectivity index is 1.19. The molecule has 3 aromatic rings. The molecule has 0 aliphatic carbocycles. The lowest BCUT2D eigenvalue weighted by Gasteiger charge is -2.18. The number of carbonyl (C=O) groups excluding carboxylic acids is 2. The second-order valence-electron chi connectivity index (χ2n) is 8.75. The number of hydrogen-bond donors (Lipinski definition) is 2. The van der Waals surface area contributed by atoms with Gasteiger partial charge in [-0.25, -0.2) is 0 Å². The lowest BCUT2D eigenvalue weighted by atomic mass is 10.1. The molecule has 7 heteroatoms. The van der Waals surface area contributed by atoms with E-state index in [1.54, 1.807) is 29.2 Å². The predicted molar refractivity (Wildman–Crippen MR) is 133 cm³/mol. The number of nitrogens with zero attached hydrogens (tertiary/aromatic N) is 2. The maximum Gasteiger partial charge on any atom is 0.253 e. The molecule has 2 heterocycles. The standard InChI is InChI=1S/C27H32N4O3/c1-31(16-7-3-6-13-23-19-24(30-29-23)20-10-4-2-5-11-20)27(33)21-12-8-14-22(18-21)28-26(32)25-15-9-17-34-25/h2,4-5,8,10-12,14,18-19,25H,3,6-7,9,13,15-17H2,1H3,(H,28,32)(H,29,30). The Bertz CT molecular complexity index is 1090. The fourth-order valence-electron chi connectivity index (χ4n) is 4.15. The minimum Gasteiger partial charge on any atom is -0.368 e. The molecule has 2 amide bonds. The first-order valence-electron chi connectivity index (χ1n) is 12.0. The van der Waals surface area contributed by atoms with Crippen LogP contribution in [0, 0.1) is 0 Å². The van der Waals surface area contributed by atoms with Gasteiger partial charge in [-0.2, -0.15) is 5.10 Å². The number of hydrogen-bond acceptors (Lipinski definition) is 4. The number of nitrogens with one attached hydrogen (secondary N) is 2. The molecule has 0 bridgehead atoms. The first kappa shape index (κ1) is 23.7. The third-order valence-electron chi connectivity index (χ3n) is 6.09. The van der Waals surface area contributed by atoms with Crippen LogP contribution in [0.3, 0.4) is 0 Å². The number of carbonyl (C=O) groups is 2. The monoisotopic (exact) mass is 460 g/mol. The molecular formula is C27H32N4O3. The first-order chi connectivity index (χ1) is 16.6. The van der Waals surface area contributed by atoms with Gasteiger partial charge in [-0.1, -0.05) is 42.8 Å². The Morgan fingerprint density at radius 1 is 1.09 bits per heavy atom. The van der Waals surface area contributed by atoms with Gasteiger partial charge in [-0.05, 0) is 56.4 Å². The number of anilines is 1. The summed E-state index contributed by atoms with van der Waals surface area (Å²) < 4.78 is 5.42. The van der Waals surface area contributed by atoms with E-state index in [0.717, 1.165) is 55.5 Å². The Labute approximate surface area is 200 Å². The van der Waals surface area contributed by atoms with Crippen molar-refractivity contribution in [2.45, 2.75) is 44.6 Å². The number of ether oxygens (including phenoxy) is 1. The Morgan fingerprint density at radius 2 is 1.94 bits per heavy atom. The van der Waals surface area contributed by atoms with E-state index in [4.69, 9.17) is 4.74 Å². The van der Waals surface area contributed by atoms with Gasteiger partial charge in [0, 0.05) is 42.7 Å². The number of unbranched alkanes of at least 4 members (excludes halogenated alkanes) is 2. The second-order valence-corrected chi connectivity index (χ2v) is 8.75. The van der Waals surface area contributed by atoms with E-state index in [0.29, 0.717) is 24.4 Å². The summed E-state index contributed by atoms with van der Waals surface area (Å²) in [7, 11) is 1.82. The zero-order valence-electron chi connectivity index (χ0n) is 19.6. The maximum absolute atomic E-state index is 12.8. The fourth-order valence-corrected chi connectivity index (χ4v) is 4.15. The van der Waals surface area contributed by atoms with E-state index in [9.17, 15) is 9.59 Å². The lowest BCUT2D eigenvalue weighted by molar-refractivity contribution is -0.124. The molecule has 1 saturated heterocycles. The van der Waals surface area contributed by atoms with Gasteiger partial charge >= 0.3 is 0 Å². The van der Waals surface area contributed by atoms with Crippen molar-refractivity contribution in [1.82, 2.24) is 15.1 Å². The number of aryl methyl sites for hydroxylation is 1. The number of rotatable bonds is 10. The first-order valence-corrected chi connectivity index (χ1v) is 12.0. The number of aromatic amines is 1. The topological polar surface area (TPSA) is 87.3 Å². The number of amides is 2. The van der Waals surface area contributed by atoms with E-state index in [-0.39, 0.29) is 11.8 Å². The molecule has 1 unspecified atom stereocenters. The molecule has 0 saturated carbocycles. The van der Waals surface area contributed by atoms with Gasteiger partial charge in [0.25, 0.3) is 11.8 Å². The summed E-state index contributed by atoms with van der Waals surface area (Å²) in [5, 5.41) is 10.4. The summed E-state index contributed by atoms with van der Waals surface area (Å²) in [5.74, 6) is -0.196. The van der Waals surface area contributed by atoms with Gasteiger partial charge in [0.1, 0.15) is 6.10 Å². The molecule has 0 radical (unpaired) electrons. The number of aromatic nitrogens is 2. The van der Waals surface area contributed by atoms with Crippen molar-refractivity contribution in [1.29, 1.82) is 0 Å². The van der Waals surface area contributed by atoms with Crippen molar-refractivity contribution in [3.8, 4) is 11.3 Å². The highest BCUT2D eigenvalue weighted by atomic mass is 16.5. The third kappa shape index (κ3) is 6.32. The summed E-state index contributed by atoms with van der Waals surface area (Å²) in [4.78, 5) is 26.8. The summed E-state index contributed by atoms with van der Waals surface area (Å²) in [6, 6.07) is 19.3. The van der Waals surface area contributed by atoms with E-state index >= 15 is 0 Å². The van der Waals surface area contributed by atoms with Crippen LogP contribution in [0.25, 0.3) is 11.3 Å². The molecule has 7 nitrogen and oxygen atoms in total. The molecular weight excluding hydrogens is 428 g/mol. The molecule has 1 fully saturated rings. The van der Waals surface area contributed by atoms with Gasteiger partial charge in [0.15, 0.2) is 0 Å². The van der Waals surface area contributed by atoms with Crippen LogP contribution in [0.4, 0.5) is 5.69 Å². The van der Waals surface area contributed by atoms with Gasteiger partial charge < -0.3 is 15.0 Å². The highest BCUT2D eigenvalue weighted by Crippen LogP contribution is 2.19. The van der Waals surface area contributed by atoms with Crippen LogP contribution in [0.15, 0.2) is 60.7 Å². The maximum atomic E-state index is 12.8. The Kier molecular flexibility index (Phi) is 8.09. The minimum atomic E-state index is -0.395. The molecule has 1 aliphatic rings. The summed E-state index contributed by atoms with van der Waals surface area (Å²) >= 11 is 0. The van der Waals surface area contributed by atoms with E-state index in [1.807, 2.05) is 25.2 Å². The van der Waals surface area contributed by atoms with Crippen molar-refractivity contribution < 1.29 is 14.3 Å². The largest absolute Gasteiger partial charge is 0.368 e. The van der Waals surface area contributed by atoms with Crippen LogP contribution >= 0.6 is 0 Å². The normalized spacial score (nSPS) is 15.3. The molecule has 2 aromatic carbocycles. The average molecular weight is 461 g/mol. The van der Waals surface area contributed by atoms with Gasteiger partial charge in [-0.15, -0.1) is 0 Å². The van der Waals surface area contributed by atoms with Crippen LogP contribution in [0.2, 0.25) is 0 Å². The van der Waals surface area contributed by atoms with Gasteiger partial charge in [-0.3, -0.25) is 14.7 Å². The SMILES string of the molecule is CN(CCCCCc1cc(-c2ccccc2)n[nH]1)C(=O)c1cccc(NC(=O)C2CCCO2)c1. The Morgan fingerprint density at radius 3 is 2.74 bits per heavy atom. The van der Waals surface area contributed by atoms with Crippen molar-refractivity contribution in [2.24, 2.45) is 0 Å². The van der Waals surface area contributed by atoms with E-state index in [2.05, 4.69) is 33.7 Å². The van der Waals surface area contributed by atoms with Crippen molar-refractivity contribution in [3.05, 3.63) is 71.9 Å². The second kappa shape index (κ2) is 11.6. The quantitative estimate of drug-likeness (QED) is 0.430. The van der Waals surface area contributed by atoms with Crippen molar-refractivity contribution >= 4 is 17.5 Å². The Hall–Kier alpha value is -3.45. The molecule has 0 spiro atoms. The third-order valence-corrected chi connectivity index (χ3v) is 6.09. The molecule has 2 N–H and O–H groups in total. The fraction of sp³-hybridized carbons (Fsp3) is 0.370. The molecule has 1 atom stereocenters. The van der Waals surface area contributed by atoms with Gasteiger partial charge in [0.05, 0.1) is 5.69 Å². The highest BCUT2D eigenvalue weighted by molar-refractivity contribution is 5.98. The molecule has 1 aliphatic heterocycles. The smallest absolute Gasteiger partial charge is 0.253 e. The van der Waals surface area contributed by atoms with Crippen LogP contribution < -0.4 is 5.32 Å². The highest BCUT2D eigenvalue weighted by Gasteiger charge is 2.23. The summed E-state index contributed by atoms with van der Waals surface area (Å²) in [5.41, 5.74) is 4.40. The van der Waals surface area contributed by atoms with Crippen LogP contribution in [-0.4, -0.2) is 53.2 Å². The minimum absolute atomic E-state index is 0.0470. The van der Waals surface area contributed by atoms with Crippen LogP contribution in [0.5, 0.6) is 0 Å². The van der Waals surface area contributed by atoms with Crippen molar-refractivity contribution in [2.75, 3.05) is 25.5 Å². The van der Waals surface area contributed by atoms with E-state index in [1.165, 1.54) is 0 Å². The molecule has 178 valence electrons. The van der Waals surface area contributed by atoms with Gasteiger partial charge in [0.2, 0.25) is 0 Å². The van der Waals surface area contributed by atoms with Crippen LogP contribution in [0.1, 0.15) is 48.2 Å². The lowest BCUT2D eigenvalue weighted by Crippen LogP contribution is -2.28. The number of benzene rings is 2. The summed E-state index contributed by atoms with van der Waals surface area (Å²) in [6.07, 6.45) is 5.16. The summed E-state index contributed by atoms with van der Waals surface area (Å²) in [6.45, 7) is 1.31. The van der Waals surface area contributed by atoms with Crippen molar-refractivity contribution in [3.63, 3.8) is 0 Å². The average Bonchev–Trinajstić information content (AvgIpc) is 3.57. The zero-order valence-corrected chi connectivity index (χ0v) is 19.6. The zero-order chi connectivity index (χ0) is 23.8. The van der Waals surface area contributed by atoms with Crippen LogP contribution in [-0.2, 0) is 16.0 Å². The van der Waals surface area contributed by atoms with E-state index < -0.39 is 6.10 Å². The molecule has 34 heavy (non-hydrogen) atoms.